The van der Waals surface area contributed by atoms with Crippen LogP contribution in [-0.2, 0) is 6.18 Å². The van der Waals surface area contributed by atoms with Gasteiger partial charge in [0, 0.05) is 12.0 Å². The van der Waals surface area contributed by atoms with Gasteiger partial charge in [0.25, 0.3) is 0 Å². The van der Waals surface area contributed by atoms with E-state index in [4.69, 9.17) is 0 Å². The highest BCUT2D eigenvalue weighted by Gasteiger charge is 2.31. The largest absolute Gasteiger partial charge is 0.416 e. The molecule has 0 radical (unpaired) electrons. The average molecular weight is 296 g/mol. The van der Waals surface area contributed by atoms with E-state index in [1.807, 2.05) is 0 Å². The second-order valence-electron chi connectivity index (χ2n) is 4.75. The number of imidazole rings is 1. The maximum Gasteiger partial charge on any atom is 0.416 e. The Morgan fingerprint density at radius 3 is 2.52 bits per heavy atom. The summed E-state index contributed by atoms with van der Waals surface area (Å²) in [6.07, 6.45) is -4.10. The van der Waals surface area contributed by atoms with E-state index in [1.54, 1.807) is 26.8 Å². The van der Waals surface area contributed by atoms with E-state index < -0.39 is 11.7 Å². The lowest BCUT2D eigenvalue weighted by Crippen LogP contribution is -2.12. The Bertz CT molecular complexity index is 687. The second-order valence-corrected chi connectivity index (χ2v) is 4.75. The number of benzene rings is 1. The Balaban J connectivity index is 2.56. The van der Waals surface area contributed by atoms with Crippen LogP contribution in [-0.4, -0.2) is 15.5 Å². The van der Waals surface area contributed by atoms with Gasteiger partial charge in [-0.05, 0) is 26.0 Å². The van der Waals surface area contributed by atoms with Gasteiger partial charge in [-0.15, -0.1) is 0 Å². The zero-order valence-corrected chi connectivity index (χ0v) is 12.0. The predicted octanol–water partition coefficient (Wildman–Crippen LogP) is 4.24. The summed E-state index contributed by atoms with van der Waals surface area (Å²) in [6.45, 7) is 5.08. The SMILES string of the molecule is CCC(=O)n1c(C)nc(-c2cccc(C(F)(F)F)c2)c1C. The quantitative estimate of drug-likeness (QED) is 0.831. The van der Waals surface area contributed by atoms with E-state index in [-0.39, 0.29) is 5.91 Å². The zero-order chi connectivity index (χ0) is 15.8. The standard InChI is InChI=1S/C15H15F3N2O/c1-4-13(21)20-9(2)14(19-10(20)3)11-6-5-7-12(8-11)15(16,17)18/h5-8H,4H2,1-3H3. The third kappa shape index (κ3) is 2.84. The molecule has 0 aliphatic rings. The summed E-state index contributed by atoms with van der Waals surface area (Å²) < 4.78 is 39.8. The Morgan fingerprint density at radius 1 is 1.29 bits per heavy atom. The van der Waals surface area contributed by atoms with Crippen LogP contribution in [0.2, 0.25) is 0 Å². The normalized spacial score (nSPS) is 11.7. The molecule has 2 aromatic rings. The maximum absolute atomic E-state index is 12.8. The Kier molecular flexibility index (Phi) is 3.89. The van der Waals surface area contributed by atoms with E-state index >= 15 is 0 Å². The van der Waals surface area contributed by atoms with Gasteiger partial charge in [0.1, 0.15) is 5.82 Å². The van der Waals surface area contributed by atoms with Crippen molar-refractivity contribution >= 4 is 5.91 Å². The minimum atomic E-state index is -4.40. The highest BCUT2D eigenvalue weighted by atomic mass is 19.4. The monoisotopic (exact) mass is 296 g/mol. The van der Waals surface area contributed by atoms with Gasteiger partial charge in [0.2, 0.25) is 5.91 Å². The molecule has 3 nitrogen and oxygen atoms in total. The van der Waals surface area contributed by atoms with Crippen LogP contribution in [0.3, 0.4) is 0 Å². The third-order valence-corrected chi connectivity index (χ3v) is 3.29. The maximum atomic E-state index is 12.8. The van der Waals surface area contributed by atoms with Crippen LogP contribution in [0.25, 0.3) is 11.3 Å². The first kappa shape index (κ1) is 15.3. The second kappa shape index (κ2) is 5.35. The molecule has 1 heterocycles. The third-order valence-electron chi connectivity index (χ3n) is 3.29. The number of rotatable bonds is 2. The van der Waals surface area contributed by atoms with E-state index in [0.29, 0.717) is 29.2 Å². The van der Waals surface area contributed by atoms with Gasteiger partial charge < -0.3 is 0 Å². The lowest BCUT2D eigenvalue weighted by molar-refractivity contribution is -0.137. The fourth-order valence-corrected chi connectivity index (χ4v) is 2.28. The van der Waals surface area contributed by atoms with Crippen molar-refractivity contribution in [3.05, 3.63) is 41.3 Å². The summed E-state index contributed by atoms with van der Waals surface area (Å²) >= 11 is 0. The van der Waals surface area contributed by atoms with Crippen LogP contribution in [0.1, 0.15) is 35.2 Å². The Morgan fingerprint density at radius 2 is 1.95 bits per heavy atom. The topological polar surface area (TPSA) is 34.9 Å². The minimum Gasteiger partial charge on any atom is -0.274 e. The number of nitrogens with zero attached hydrogens (tertiary/aromatic N) is 2. The first-order chi connectivity index (χ1) is 9.75. The van der Waals surface area contributed by atoms with Crippen molar-refractivity contribution in [3.63, 3.8) is 0 Å². The van der Waals surface area contributed by atoms with Crippen LogP contribution in [0, 0.1) is 13.8 Å². The molecule has 0 saturated heterocycles. The lowest BCUT2D eigenvalue weighted by atomic mass is 10.1. The average Bonchev–Trinajstić information content (AvgIpc) is 2.72. The van der Waals surface area contributed by atoms with Gasteiger partial charge in [-0.1, -0.05) is 19.1 Å². The van der Waals surface area contributed by atoms with Gasteiger partial charge in [-0.2, -0.15) is 13.2 Å². The van der Waals surface area contributed by atoms with Crippen molar-refractivity contribution in [1.82, 2.24) is 9.55 Å². The van der Waals surface area contributed by atoms with Crippen LogP contribution < -0.4 is 0 Å². The van der Waals surface area contributed by atoms with Crippen molar-refractivity contribution in [2.45, 2.75) is 33.4 Å². The summed E-state index contributed by atoms with van der Waals surface area (Å²) in [5, 5.41) is 0. The van der Waals surface area contributed by atoms with Crippen molar-refractivity contribution < 1.29 is 18.0 Å². The van der Waals surface area contributed by atoms with Crippen LogP contribution >= 0.6 is 0 Å². The molecule has 0 unspecified atom stereocenters. The van der Waals surface area contributed by atoms with E-state index in [9.17, 15) is 18.0 Å². The Hall–Kier alpha value is -2.11. The van der Waals surface area contributed by atoms with Crippen molar-refractivity contribution in [1.29, 1.82) is 0 Å². The van der Waals surface area contributed by atoms with E-state index in [2.05, 4.69) is 4.98 Å². The summed E-state index contributed by atoms with van der Waals surface area (Å²) in [7, 11) is 0. The summed E-state index contributed by atoms with van der Waals surface area (Å²) in [6, 6.07) is 4.97. The van der Waals surface area contributed by atoms with E-state index in [1.165, 1.54) is 10.6 Å². The molecule has 0 atom stereocenters. The molecule has 112 valence electrons. The highest BCUT2D eigenvalue weighted by molar-refractivity contribution is 5.82. The molecule has 0 aliphatic carbocycles. The molecule has 0 fully saturated rings. The zero-order valence-electron chi connectivity index (χ0n) is 12.0. The lowest BCUT2D eigenvalue weighted by Gasteiger charge is -2.08. The molecule has 21 heavy (non-hydrogen) atoms. The van der Waals surface area contributed by atoms with Crippen molar-refractivity contribution in [3.8, 4) is 11.3 Å². The number of carbonyl (C=O) groups is 1. The molecule has 0 N–H and O–H groups in total. The summed E-state index contributed by atoms with van der Waals surface area (Å²) in [5.74, 6) is 0.350. The molecule has 1 aromatic heterocycles. The number of hydrogen-bond acceptors (Lipinski definition) is 2. The molecule has 0 amide bonds. The van der Waals surface area contributed by atoms with Crippen molar-refractivity contribution in [2.75, 3.05) is 0 Å². The fraction of sp³-hybridized carbons (Fsp3) is 0.333. The fourth-order valence-electron chi connectivity index (χ4n) is 2.28. The van der Waals surface area contributed by atoms with Gasteiger partial charge in [0.15, 0.2) is 0 Å². The molecular formula is C15H15F3N2O. The van der Waals surface area contributed by atoms with Crippen LogP contribution in [0.15, 0.2) is 24.3 Å². The number of aryl methyl sites for hydroxylation is 1. The number of aromatic nitrogens is 2. The first-order valence-corrected chi connectivity index (χ1v) is 6.52. The first-order valence-electron chi connectivity index (χ1n) is 6.52. The van der Waals surface area contributed by atoms with Gasteiger partial charge in [-0.3, -0.25) is 9.36 Å². The van der Waals surface area contributed by atoms with Crippen LogP contribution in [0.5, 0.6) is 0 Å². The van der Waals surface area contributed by atoms with Gasteiger partial charge in [-0.25, -0.2) is 4.98 Å². The molecule has 1 aromatic carbocycles. The molecule has 6 heteroatoms. The smallest absolute Gasteiger partial charge is 0.274 e. The summed E-state index contributed by atoms with van der Waals surface area (Å²) in [5.41, 5.74) is 0.584. The summed E-state index contributed by atoms with van der Waals surface area (Å²) in [4.78, 5) is 16.1. The van der Waals surface area contributed by atoms with Gasteiger partial charge in [0.05, 0.1) is 17.0 Å². The van der Waals surface area contributed by atoms with Gasteiger partial charge >= 0.3 is 6.18 Å². The predicted molar refractivity (Wildman–Crippen MR) is 73.1 cm³/mol. The number of alkyl halides is 3. The van der Waals surface area contributed by atoms with Crippen LogP contribution in [0.4, 0.5) is 13.2 Å². The molecule has 0 aliphatic heterocycles. The molecule has 0 bridgehead atoms. The number of carbonyl (C=O) groups excluding carboxylic acids is 1. The number of halogens is 3. The molecular weight excluding hydrogens is 281 g/mol. The number of hydrogen-bond donors (Lipinski definition) is 0. The van der Waals surface area contributed by atoms with E-state index in [0.717, 1.165) is 12.1 Å². The minimum absolute atomic E-state index is 0.129. The molecule has 2 rings (SSSR count). The Labute approximate surface area is 120 Å². The van der Waals surface area contributed by atoms with Crippen molar-refractivity contribution in [2.24, 2.45) is 0 Å². The molecule has 0 saturated carbocycles. The highest BCUT2D eigenvalue weighted by Crippen LogP contribution is 2.32. The molecule has 0 spiro atoms.